The van der Waals surface area contributed by atoms with Crippen LogP contribution in [0.3, 0.4) is 0 Å². The van der Waals surface area contributed by atoms with E-state index in [1.54, 1.807) is 29.2 Å². The number of ether oxygens (including phenoxy) is 1. The molecule has 4 heteroatoms. The third-order valence-electron chi connectivity index (χ3n) is 3.55. The van der Waals surface area contributed by atoms with Crippen LogP contribution in [0.15, 0.2) is 48.5 Å². The fraction of sp³-hybridized carbons (Fsp3) is 0.176. The Kier molecular flexibility index (Phi) is 3.57. The second kappa shape index (κ2) is 5.68. The summed E-state index contributed by atoms with van der Waals surface area (Å²) in [4.78, 5) is 14.0. The number of hydrogen-bond donors (Lipinski definition) is 0. The number of hydrogen-bond acceptors (Lipinski definition) is 3. The third kappa shape index (κ3) is 2.59. The number of fused-ring (bicyclic) bond motifs is 1. The van der Waals surface area contributed by atoms with E-state index in [0.29, 0.717) is 17.9 Å². The predicted octanol–water partition coefficient (Wildman–Crippen LogP) is 2.53. The van der Waals surface area contributed by atoms with Crippen LogP contribution >= 0.6 is 0 Å². The molecule has 4 nitrogen and oxygen atoms in total. The lowest BCUT2D eigenvalue weighted by Gasteiger charge is -2.17. The molecule has 0 bridgehead atoms. The average molecular weight is 278 g/mol. The van der Waals surface area contributed by atoms with Crippen LogP contribution in [0.25, 0.3) is 0 Å². The van der Waals surface area contributed by atoms with Crippen molar-refractivity contribution in [1.82, 2.24) is 0 Å². The summed E-state index contributed by atoms with van der Waals surface area (Å²) < 4.78 is 5.50. The van der Waals surface area contributed by atoms with Crippen molar-refractivity contribution in [3.05, 3.63) is 59.7 Å². The van der Waals surface area contributed by atoms with Crippen molar-refractivity contribution in [3.63, 3.8) is 0 Å². The van der Waals surface area contributed by atoms with Crippen LogP contribution in [-0.4, -0.2) is 19.1 Å². The highest BCUT2D eigenvalue weighted by Crippen LogP contribution is 2.27. The number of amides is 1. The number of anilines is 1. The van der Waals surface area contributed by atoms with E-state index < -0.39 is 0 Å². The second-order valence-electron chi connectivity index (χ2n) is 4.82. The standard InChI is InChI=1S/C17H14N2O2/c18-11-14-6-2-4-8-16(14)21-12-17(20)19-10-9-13-5-1-3-7-15(13)19/h1-8H,9-10,12H2. The fourth-order valence-corrected chi connectivity index (χ4v) is 2.50. The Morgan fingerprint density at radius 2 is 1.95 bits per heavy atom. The molecule has 2 aromatic carbocycles. The minimum Gasteiger partial charge on any atom is -0.482 e. The number of carbonyl (C=O) groups is 1. The number of rotatable bonds is 3. The maximum Gasteiger partial charge on any atom is 0.264 e. The van der Waals surface area contributed by atoms with E-state index in [1.807, 2.05) is 24.3 Å². The number of para-hydroxylation sites is 2. The smallest absolute Gasteiger partial charge is 0.264 e. The molecule has 0 aromatic heterocycles. The first kappa shape index (κ1) is 13.2. The zero-order valence-corrected chi connectivity index (χ0v) is 11.5. The molecule has 0 radical (unpaired) electrons. The number of benzene rings is 2. The first-order chi connectivity index (χ1) is 10.3. The minimum absolute atomic E-state index is 0.0625. The van der Waals surface area contributed by atoms with Gasteiger partial charge >= 0.3 is 0 Å². The molecular weight excluding hydrogens is 264 g/mol. The molecule has 0 spiro atoms. The van der Waals surface area contributed by atoms with Crippen LogP contribution in [-0.2, 0) is 11.2 Å². The molecule has 2 aromatic rings. The molecule has 1 heterocycles. The highest BCUT2D eigenvalue weighted by atomic mass is 16.5. The third-order valence-corrected chi connectivity index (χ3v) is 3.55. The first-order valence-electron chi connectivity index (χ1n) is 6.80. The Hall–Kier alpha value is -2.80. The summed E-state index contributed by atoms with van der Waals surface area (Å²) in [5.74, 6) is 0.355. The molecule has 0 aliphatic carbocycles. The summed E-state index contributed by atoms with van der Waals surface area (Å²) in [6.45, 7) is 0.620. The first-order valence-corrected chi connectivity index (χ1v) is 6.80. The van der Waals surface area contributed by atoms with Gasteiger partial charge in [-0.05, 0) is 30.2 Å². The average Bonchev–Trinajstić information content (AvgIpc) is 2.97. The molecule has 0 unspecified atom stereocenters. The van der Waals surface area contributed by atoms with Gasteiger partial charge in [0.15, 0.2) is 6.61 Å². The molecule has 1 aliphatic heterocycles. The number of nitriles is 1. The monoisotopic (exact) mass is 278 g/mol. The van der Waals surface area contributed by atoms with Crippen LogP contribution in [0.2, 0.25) is 0 Å². The van der Waals surface area contributed by atoms with E-state index in [9.17, 15) is 4.79 Å². The van der Waals surface area contributed by atoms with Gasteiger partial charge in [-0.15, -0.1) is 0 Å². The lowest BCUT2D eigenvalue weighted by molar-refractivity contribution is -0.120. The van der Waals surface area contributed by atoms with Gasteiger partial charge in [0, 0.05) is 12.2 Å². The summed E-state index contributed by atoms with van der Waals surface area (Å²) in [7, 11) is 0. The maximum atomic E-state index is 12.3. The molecule has 0 saturated heterocycles. The number of carbonyl (C=O) groups excluding carboxylic acids is 1. The van der Waals surface area contributed by atoms with Gasteiger partial charge in [-0.2, -0.15) is 5.26 Å². The predicted molar refractivity (Wildman–Crippen MR) is 79.2 cm³/mol. The van der Waals surface area contributed by atoms with Crippen molar-refractivity contribution in [1.29, 1.82) is 5.26 Å². The molecular formula is C17H14N2O2. The zero-order valence-electron chi connectivity index (χ0n) is 11.5. The van der Waals surface area contributed by atoms with Gasteiger partial charge in [-0.1, -0.05) is 30.3 Å². The summed E-state index contributed by atoms with van der Waals surface area (Å²) >= 11 is 0. The van der Waals surface area contributed by atoms with Gasteiger partial charge in [0.05, 0.1) is 5.56 Å². The SMILES string of the molecule is N#Cc1ccccc1OCC(=O)N1CCc2ccccc21. The van der Waals surface area contributed by atoms with Gasteiger partial charge in [-0.25, -0.2) is 0 Å². The van der Waals surface area contributed by atoms with Crippen molar-refractivity contribution in [2.75, 3.05) is 18.1 Å². The summed E-state index contributed by atoms with van der Waals surface area (Å²) in [5, 5.41) is 9.00. The zero-order chi connectivity index (χ0) is 14.7. The Labute approximate surface area is 123 Å². The van der Waals surface area contributed by atoms with Crippen LogP contribution in [0.1, 0.15) is 11.1 Å². The van der Waals surface area contributed by atoms with Crippen LogP contribution in [0, 0.1) is 11.3 Å². The normalized spacial score (nSPS) is 12.6. The van der Waals surface area contributed by atoms with Gasteiger partial charge < -0.3 is 9.64 Å². The van der Waals surface area contributed by atoms with Crippen molar-refractivity contribution in [2.45, 2.75) is 6.42 Å². The number of nitrogens with zero attached hydrogens (tertiary/aromatic N) is 2. The Bertz CT molecular complexity index is 719. The van der Waals surface area contributed by atoms with Crippen LogP contribution in [0.4, 0.5) is 5.69 Å². The van der Waals surface area contributed by atoms with Gasteiger partial charge in [0.2, 0.25) is 0 Å². The quantitative estimate of drug-likeness (QED) is 0.867. The molecule has 1 aliphatic rings. The second-order valence-corrected chi connectivity index (χ2v) is 4.82. The topological polar surface area (TPSA) is 53.3 Å². The largest absolute Gasteiger partial charge is 0.482 e. The van der Waals surface area contributed by atoms with Crippen molar-refractivity contribution < 1.29 is 9.53 Å². The molecule has 1 amide bonds. The lowest BCUT2D eigenvalue weighted by Crippen LogP contribution is -2.33. The Morgan fingerprint density at radius 1 is 1.19 bits per heavy atom. The van der Waals surface area contributed by atoms with Crippen molar-refractivity contribution >= 4 is 11.6 Å². The summed E-state index contributed by atoms with van der Waals surface area (Å²) in [5.41, 5.74) is 2.58. The van der Waals surface area contributed by atoms with E-state index in [2.05, 4.69) is 6.07 Å². The highest BCUT2D eigenvalue weighted by molar-refractivity contribution is 5.96. The molecule has 104 valence electrons. The Balaban J connectivity index is 1.70. The molecule has 21 heavy (non-hydrogen) atoms. The van der Waals surface area contributed by atoms with Crippen molar-refractivity contribution in [3.8, 4) is 11.8 Å². The molecule has 3 rings (SSSR count). The lowest BCUT2D eigenvalue weighted by atomic mass is 10.2. The fourth-order valence-electron chi connectivity index (χ4n) is 2.50. The molecule has 0 saturated carbocycles. The molecule has 0 N–H and O–H groups in total. The molecule has 0 atom stereocenters. The van der Waals surface area contributed by atoms with Crippen molar-refractivity contribution in [2.24, 2.45) is 0 Å². The van der Waals surface area contributed by atoms with E-state index in [0.717, 1.165) is 12.1 Å². The van der Waals surface area contributed by atoms with Gasteiger partial charge in [0.25, 0.3) is 5.91 Å². The summed E-state index contributed by atoms with van der Waals surface area (Å²) in [6.07, 6.45) is 0.872. The minimum atomic E-state index is -0.0901. The molecule has 0 fully saturated rings. The van der Waals surface area contributed by atoms with E-state index in [4.69, 9.17) is 10.00 Å². The highest BCUT2D eigenvalue weighted by Gasteiger charge is 2.24. The van der Waals surface area contributed by atoms with Crippen LogP contribution in [0.5, 0.6) is 5.75 Å². The van der Waals surface area contributed by atoms with Crippen LogP contribution < -0.4 is 9.64 Å². The van der Waals surface area contributed by atoms with Gasteiger partial charge in [0.1, 0.15) is 11.8 Å². The Morgan fingerprint density at radius 3 is 2.81 bits per heavy atom. The van der Waals surface area contributed by atoms with E-state index in [-0.39, 0.29) is 12.5 Å². The van der Waals surface area contributed by atoms with E-state index in [1.165, 1.54) is 5.56 Å². The van der Waals surface area contributed by atoms with E-state index >= 15 is 0 Å². The van der Waals surface area contributed by atoms with Gasteiger partial charge in [-0.3, -0.25) is 4.79 Å². The maximum absolute atomic E-state index is 12.3. The summed E-state index contributed by atoms with van der Waals surface area (Å²) in [6, 6.07) is 16.9.